The van der Waals surface area contributed by atoms with Crippen LogP contribution in [-0.2, 0) is 0 Å². The average molecular weight is 225 g/mol. The van der Waals surface area contributed by atoms with Gasteiger partial charge in [-0.05, 0) is 23.6 Å². The minimum Gasteiger partial charge on any atom is -0.392 e. The number of nitro groups is 1. The van der Waals surface area contributed by atoms with E-state index in [0.717, 1.165) is 17.7 Å². The molecule has 4 nitrogen and oxygen atoms in total. The zero-order valence-corrected chi connectivity index (χ0v) is 8.81. The number of aliphatic hydroxyl groups is 1. The molecule has 0 saturated heterocycles. The molecule has 0 unspecified atom stereocenters. The third-order valence-electron chi connectivity index (χ3n) is 2.19. The van der Waals surface area contributed by atoms with Crippen LogP contribution in [-0.4, -0.2) is 16.6 Å². The molecule has 5 heteroatoms. The van der Waals surface area contributed by atoms with E-state index in [2.05, 4.69) is 0 Å². The first kappa shape index (κ1) is 12.3. The van der Waals surface area contributed by atoms with Crippen LogP contribution in [0.1, 0.15) is 18.9 Å². The van der Waals surface area contributed by atoms with Gasteiger partial charge in [0, 0.05) is 6.07 Å². The van der Waals surface area contributed by atoms with Gasteiger partial charge in [0.2, 0.25) is 5.82 Å². The molecule has 16 heavy (non-hydrogen) atoms. The maximum absolute atomic E-state index is 13.0. The Labute approximate surface area is 92.2 Å². The van der Waals surface area contributed by atoms with E-state index in [4.69, 9.17) is 5.11 Å². The lowest BCUT2D eigenvalue weighted by atomic mass is 10.1. The topological polar surface area (TPSA) is 63.4 Å². The largest absolute Gasteiger partial charge is 0.392 e. The van der Waals surface area contributed by atoms with E-state index >= 15 is 0 Å². The van der Waals surface area contributed by atoms with Crippen molar-refractivity contribution < 1.29 is 14.4 Å². The molecule has 0 aromatic heterocycles. The SMILES string of the molecule is CC/C(=C/c1ccc(F)c([N+](=O)[O-])c1)CO. The van der Waals surface area contributed by atoms with Gasteiger partial charge in [-0.15, -0.1) is 0 Å². The summed E-state index contributed by atoms with van der Waals surface area (Å²) in [6.07, 6.45) is 2.26. The smallest absolute Gasteiger partial charge is 0.305 e. The van der Waals surface area contributed by atoms with Crippen molar-refractivity contribution in [3.05, 3.63) is 45.3 Å². The Morgan fingerprint density at radius 1 is 1.62 bits per heavy atom. The summed E-state index contributed by atoms with van der Waals surface area (Å²) < 4.78 is 13.0. The van der Waals surface area contributed by atoms with Crippen LogP contribution in [0.4, 0.5) is 10.1 Å². The van der Waals surface area contributed by atoms with Crippen molar-refractivity contribution in [1.82, 2.24) is 0 Å². The molecule has 0 aliphatic rings. The van der Waals surface area contributed by atoms with Crippen LogP contribution in [0.15, 0.2) is 23.8 Å². The fraction of sp³-hybridized carbons (Fsp3) is 0.273. The van der Waals surface area contributed by atoms with Gasteiger partial charge in [0.15, 0.2) is 0 Å². The van der Waals surface area contributed by atoms with Crippen molar-refractivity contribution >= 4 is 11.8 Å². The van der Waals surface area contributed by atoms with Gasteiger partial charge in [-0.1, -0.05) is 19.1 Å². The second-order valence-electron chi connectivity index (χ2n) is 3.28. The van der Waals surface area contributed by atoms with Crippen LogP contribution in [0, 0.1) is 15.9 Å². The van der Waals surface area contributed by atoms with E-state index in [9.17, 15) is 14.5 Å². The number of halogens is 1. The molecule has 0 atom stereocenters. The lowest BCUT2D eigenvalue weighted by molar-refractivity contribution is -0.387. The number of hydrogen-bond acceptors (Lipinski definition) is 3. The number of rotatable bonds is 4. The predicted octanol–water partition coefficient (Wildman–Crippen LogP) is 2.52. The summed E-state index contributed by atoms with van der Waals surface area (Å²) in [6.45, 7) is 1.75. The van der Waals surface area contributed by atoms with E-state index < -0.39 is 16.4 Å². The highest BCUT2D eigenvalue weighted by molar-refractivity contribution is 5.56. The molecule has 0 spiro atoms. The van der Waals surface area contributed by atoms with Crippen molar-refractivity contribution in [2.45, 2.75) is 13.3 Å². The van der Waals surface area contributed by atoms with Crippen LogP contribution < -0.4 is 0 Å². The number of nitro benzene ring substituents is 1. The Kier molecular flexibility index (Phi) is 4.13. The van der Waals surface area contributed by atoms with E-state index in [0.29, 0.717) is 12.0 Å². The molecule has 0 bridgehead atoms. The van der Waals surface area contributed by atoms with Crippen molar-refractivity contribution in [2.75, 3.05) is 6.61 Å². The third kappa shape index (κ3) is 2.87. The molecule has 0 saturated carbocycles. The summed E-state index contributed by atoms with van der Waals surface area (Å²) in [4.78, 5) is 9.73. The minimum atomic E-state index is -0.857. The van der Waals surface area contributed by atoms with Gasteiger partial charge in [-0.25, -0.2) is 0 Å². The first-order chi connectivity index (χ1) is 7.58. The summed E-state index contributed by atoms with van der Waals surface area (Å²) >= 11 is 0. The molecule has 1 aromatic carbocycles. The molecular formula is C11H12FNO3. The fourth-order valence-corrected chi connectivity index (χ4v) is 1.25. The molecule has 0 aliphatic heterocycles. The summed E-state index contributed by atoms with van der Waals surface area (Å²) in [5.41, 5.74) is 0.696. The predicted molar refractivity (Wildman–Crippen MR) is 58.4 cm³/mol. The fourth-order valence-electron chi connectivity index (χ4n) is 1.25. The maximum Gasteiger partial charge on any atom is 0.305 e. The number of nitrogens with zero attached hydrogens (tertiary/aromatic N) is 1. The van der Waals surface area contributed by atoms with Gasteiger partial charge in [0.1, 0.15) is 0 Å². The normalized spacial score (nSPS) is 11.6. The Hall–Kier alpha value is -1.75. The first-order valence-corrected chi connectivity index (χ1v) is 4.82. The molecule has 86 valence electrons. The van der Waals surface area contributed by atoms with E-state index in [1.54, 1.807) is 6.08 Å². The third-order valence-corrected chi connectivity index (χ3v) is 2.19. The van der Waals surface area contributed by atoms with Gasteiger partial charge < -0.3 is 5.11 Å². The number of benzene rings is 1. The molecule has 1 rings (SSSR count). The van der Waals surface area contributed by atoms with Gasteiger partial charge >= 0.3 is 5.69 Å². The Morgan fingerprint density at radius 2 is 2.31 bits per heavy atom. The standard InChI is InChI=1S/C11H12FNO3/c1-2-8(7-14)5-9-3-4-10(12)11(6-9)13(15)16/h3-6,14H,2,7H2,1H3/b8-5-. The van der Waals surface area contributed by atoms with Crippen LogP contribution in [0.3, 0.4) is 0 Å². The van der Waals surface area contributed by atoms with Crippen LogP contribution >= 0.6 is 0 Å². The average Bonchev–Trinajstić information content (AvgIpc) is 2.27. The van der Waals surface area contributed by atoms with Crippen molar-refractivity contribution in [3.8, 4) is 0 Å². The summed E-state index contributed by atoms with van der Waals surface area (Å²) in [7, 11) is 0. The second-order valence-corrected chi connectivity index (χ2v) is 3.28. The lowest BCUT2D eigenvalue weighted by Gasteiger charge is -2.00. The molecule has 0 fully saturated rings. The lowest BCUT2D eigenvalue weighted by Crippen LogP contribution is -1.93. The van der Waals surface area contributed by atoms with Gasteiger partial charge in [0.05, 0.1) is 11.5 Å². The number of aliphatic hydroxyl groups excluding tert-OH is 1. The van der Waals surface area contributed by atoms with Crippen molar-refractivity contribution in [1.29, 1.82) is 0 Å². The van der Waals surface area contributed by atoms with E-state index in [-0.39, 0.29) is 6.61 Å². The quantitative estimate of drug-likeness (QED) is 0.632. The van der Waals surface area contributed by atoms with Gasteiger partial charge in [-0.2, -0.15) is 4.39 Å². The van der Waals surface area contributed by atoms with Crippen molar-refractivity contribution in [3.63, 3.8) is 0 Å². The molecule has 0 amide bonds. The molecule has 1 N–H and O–H groups in total. The van der Waals surface area contributed by atoms with Crippen LogP contribution in [0.2, 0.25) is 0 Å². The molecule has 0 radical (unpaired) electrons. The van der Waals surface area contributed by atoms with Crippen LogP contribution in [0.25, 0.3) is 6.08 Å². The van der Waals surface area contributed by atoms with Gasteiger partial charge in [-0.3, -0.25) is 10.1 Å². The highest BCUT2D eigenvalue weighted by atomic mass is 19.1. The Balaban J connectivity index is 3.12. The summed E-state index contributed by atoms with van der Waals surface area (Å²) in [5.74, 6) is -0.857. The Bertz CT molecular complexity index is 423. The first-order valence-electron chi connectivity index (χ1n) is 4.82. The Morgan fingerprint density at radius 3 is 2.81 bits per heavy atom. The highest BCUT2D eigenvalue weighted by Gasteiger charge is 2.13. The van der Waals surface area contributed by atoms with E-state index in [1.807, 2.05) is 6.92 Å². The van der Waals surface area contributed by atoms with Gasteiger partial charge in [0.25, 0.3) is 0 Å². The molecule has 0 aliphatic carbocycles. The van der Waals surface area contributed by atoms with Crippen molar-refractivity contribution in [2.24, 2.45) is 0 Å². The second kappa shape index (κ2) is 5.37. The monoisotopic (exact) mass is 225 g/mol. The number of hydrogen-bond donors (Lipinski definition) is 1. The molecule has 0 heterocycles. The minimum absolute atomic E-state index is 0.109. The molecular weight excluding hydrogens is 213 g/mol. The maximum atomic E-state index is 13.0. The van der Waals surface area contributed by atoms with Crippen LogP contribution in [0.5, 0.6) is 0 Å². The summed E-state index contributed by atoms with van der Waals surface area (Å²) in [6, 6.07) is 3.64. The molecule has 1 aromatic rings. The highest BCUT2D eigenvalue weighted by Crippen LogP contribution is 2.20. The zero-order chi connectivity index (χ0) is 12.1. The summed E-state index contributed by atoms with van der Waals surface area (Å²) in [5, 5.41) is 19.4. The van der Waals surface area contributed by atoms with E-state index in [1.165, 1.54) is 6.07 Å². The zero-order valence-electron chi connectivity index (χ0n) is 8.81.